The monoisotopic (exact) mass is 182 g/mol. The van der Waals surface area contributed by atoms with E-state index in [0.29, 0.717) is 5.92 Å². The van der Waals surface area contributed by atoms with Gasteiger partial charge in [-0.25, -0.2) is 0 Å². The van der Waals surface area contributed by atoms with Crippen LogP contribution in [-0.4, -0.2) is 11.2 Å². The molecule has 0 aromatic rings. The van der Waals surface area contributed by atoms with E-state index in [1.54, 1.807) is 0 Å². The zero-order valence-electron chi connectivity index (χ0n) is 8.54. The zero-order valence-corrected chi connectivity index (χ0v) is 8.54. The van der Waals surface area contributed by atoms with Gasteiger partial charge in [-0.15, -0.1) is 0 Å². The summed E-state index contributed by atoms with van der Waals surface area (Å²) in [4.78, 5) is 0. The minimum Gasteiger partial charge on any atom is -0.393 e. The van der Waals surface area contributed by atoms with E-state index in [-0.39, 0.29) is 6.10 Å². The highest BCUT2D eigenvalue weighted by molar-refractivity contribution is 4.80. The first-order valence-electron chi connectivity index (χ1n) is 6.04. The molecule has 76 valence electrons. The largest absolute Gasteiger partial charge is 0.393 e. The number of rotatable bonds is 3. The Hall–Kier alpha value is -0.0400. The van der Waals surface area contributed by atoms with Gasteiger partial charge in [-0.3, -0.25) is 0 Å². The summed E-state index contributed by atoms with van der Waals surface area (Å²) in [6.07, 6.45) is 12.4. The highest BCUT2D eigenvalue weighted by Crippen LogP contribution is 2.35. The van der Waals surface area contributed by atoms with Crippen LogP contribution in [0.4, 0.5) is 0 Å². The summed E-state index contributed by atoms with van der Waals surface area (Å²) < 4.78 is 0. The van der Waals surface area contributed by atoms with Gasteiger partial charge in [0.1, 0.15) is 0 Å². The van der Waals surface area contributed by atoms with Crippen LogP contribution in [-0.2, 0) is 0 Å². The van der Waals surface area contributed by atoms with Gasteiger partial charge in [0.25, 0.3) is 0 Å². The van der Waals surface area contributed by atoms with Crippen molar-refractivity contribution < 1.29 is 5.11 Å². The third kappa shape index (κ3) is 2.46. The molecule has 0 amide bonds. The van der Waals surface area contributed by atoms with Crippen molar-refractivity contribution in [3.8, 4) is 0 Å². The summed E-state index contributed by atoms with van der Waals surface area (Å²) in [5, 5.41) is 9.44. The van der Waals surface area contributed by atoms with Gasteiger partial charge >= 0.3 is 0 Å². The van der Waals surface area contributed by atoms with E-state index in [0.717, 1.165) is 12.3 Å². The maximum Gasteiger partial charge on any atom is 0.0568 e. The quantitative estimate of drug-likeness (QED) is 0.711. The molecule has 2 aliphatic carbocycles. The lowest BCUT2D eigenvalue weighted by atomic mass is 9.76. The topological polar surface area (TPSA) is 20.2 Å². The van der Waals surface area contributed by atoms with Gasteiger partial charge in [-0.2, -0.15) is 0 Å². The Morgan fingerprint density at radius 3 is 2.15 bits per heavy atom. The van der Waals surface area contributed by atoms with Crippen molar-refractivity contribution in [2.45, 2.75) is 63.9 Å². The van der Waals surface area contributed by atoms with E-state index in [1.165, 1.54) is 51.4 Å². The van der Waals surface area contributed by atoms with Gasteiger partial charge in [0.15, 0.2) is 0 Å². The standard InChI is InChI=1S/C12H22O/c13-12-9-8-11(12)7-6-10-4-2-1-3-5-10/h10-13H,1-9H2. The van der Waals surface area contributed by atoms with Gasteiger partial charge in [0.05, 0.1) is 6.10 Å². The van der Waals surface area contributed by atoms with Crippen molar-refractivity contribution in [3.05, 3.63) is 0 Å². The molecular formula is C12H22O. The maximum atomic E-state index is 9.44. The van der Waals surface area contributed by atoms with Crippen LogP contribution >= 0.6 is 0 Å². The molecule has 0 aromatic heterocycles. The molecule has 2 aliphatic rings. The molecule has 2 atom stereocenters. The lowest BCUT2D eigenvalue weighted by Crippen LogP contribution is -2.31. The second-order valence-electron chi connectivity index (χ2n) is 4.99. The molecule has 2 saturated carbocycles. The third-order valence-corrected chi connectivity index (χ3v) is 4.05. The number of aliphatic hydroxyl groups is 1. The first kappa shape index (κ1) is 9.51. The van der Waals surface area contributed by atoms with Gasteiger partial charge in [-0.1, -0.05) is 38.5 Å². The predicted molar refractivity (Wildman–Crippen MR) is 54.5 cm³/mol. The summed E-state index contributed by atoms with van der Waals surface area (Å²) in [7, 11) is 0. The average molecular weight is 182 g/mol. The second kappa shape index (κ2) is 4.45. The lowest BCUT2D eigenvalue weighted by Gasteiger charge is -2.34. The zero-order chi connectivity index (χ0) is 9.10. The Kier molecular flexibility index (Phi) is 3.26. The number of hydrogen-bond donors (Lipinski definition) is 1. The maximum absolute atomic E-state index is 9.44. The van der Waals surface area contributed by atoms with E-state index in [4.69, 9.17) is 0 Å². The molecular weight excluding hydrogens is 160 g/mol. The summed E-state index contributed by atoms with van der Waals surface area (Å²) in [5.41, 5.74) is 0. The molecule has 0 aliphatic heterocycles. The van der Waals surface area contributed by atoms with Crippen LogP contribution in [0.5, 0.6) is 0 Å². The Labute approximate surface area is 81.5 Å². The van der Waals surface area contributed by atoms with E-state index in [9.17, 15) is 5.11 Å². The first-order valence-corrected chi connectivity index (χ1v) is 6.04. The van der Waals surface area contributed by atoms with E-state index >= 15 is 0 Å². The van der Waals surface area contributed by atoms with Crippen LogP contribution in [0, 0.1) is 11.8 Å². The normalized spacial score (nSPS) is 35.8. The minimum atomic E-state index is 0.0589. The number of hydrogen-bond acceptors (Lipinski definition) is 1. The molecule has 0 aromatic carbocycles. The molecule has 0 bridgehead atoms. The molecule has 2 rings (SSSR count). The van der Waals surface area contributed by atoms with Crippen molar-refractivity contribution in [3.63, 3.8) is 0 Å². The molecule has 1 heteroatoms. The van der Waals surface area contributed by atoms with Crippen LogP contribution in [0.25, 0.3) is 0 Å². The van der Waals surface area contributed by atoms with Gasteiger partial charge in [0, 0.05) is 0 Å². The van der Waals surface area contributed by atoms with Gasteiger partial charge < -0.3 is 5.11 Å². The van der Waals surface area contributed by atoms with Gasteiger partial charge in [0.2, 0.25) is 0 Å². The van der Waals surface area contributed by atoms with E-state index in [1.807, 2.05) is 0 Å². The van der Waals surface area contributed by atoms with Crippen LogP contribution in [0.2, 0.25) is 0 Å². The molecule has 1 N–H and O–H groups in total. The molecule has 1 nitrogen and oxygen atoms in total. The summed E-state index contributed by atoms with van der Waals surface area (Å²) in [6.45, 7) is 0. The predicted octanol–water partition coefficient (Wildman–Crippen LogP) is 3.12. The van der Waals surface area contributed by atoms with E-state index in [2.05, 4.69) is 0 Å². The molecule has 2 fully saturated rings. The fourth-order valence-electron chi connectivity index (χ4n) is 2.81. The van der Waals surface area contributed by atoms with Crippen LogP contribution < -0.4 is 0 Å². The van der Waals surface area contributed by atoms with Crippen molar-refractivity contribution in [2.24, 2.45) is 11.8 Å². The highest BCUT2D eigenvalue weighted by Gasteiger charge is 2.29. The van der Waals surface area contributed by atoms with Crippen LogP contribution in [0.3, 0.4) is 0 Å². The Morgan fingerprint density at radius 1 is 0.846 bits per heavy atom. The van der Waals surface area contributed by atoms with E-state index < -0.39 is 0 Å². The number of aliphatic hydroxyl groups excluding tert-OH is 1. The van der Waals surface area contributed by atoms with Crippen molar-refractivity contribution in [2.75, 3.05) is 0 Å². The molecule has 0 radical (unpaired) electrons. The Morgan fingerprint density at radius 2 is 1.62 bits per heavy atom. The molecule has 0 heterocycles. The van der Waals surface area contributed by atoms with Gasteiger partial charge in [-0.05, 0) is 31.1 Å². The Bertz CT molecular complexity index is 149. The molecule has 2 unspecified atom stereocenters. The fraction of sp³-hybridized carbons (Fsp3) is 1.00. The average Bonchev–Trinajstić information content (AvgIpc) is 2.17. The highest BCUT2D eigenvalue weighted by atomic mass is 16.3. The molecule has 0 spiro atoms. The van der Waals surface area contributed by atoms with Crippen LogP contribution in [0.15, 0.2) is 0 Å². The summed E-state index contributed by atoms with van der Waals surface area (Å²) in [6, 6.07) is 0. The van der Waals surface area contributed by atoms with Crippen molar-refractivity contribution in [1.29, 1.82) is 0 Å². The smallest absolute Gasteiger partial charge is 0.0568 e. The summed E-state index contributed by atoms with van der Waals surface area (Å²) in [5.74, 6) is 1.67. The summed E-state index contributed by atoms with van der Waals surface area (Å²) >= 11 is 0. The SMILES string of the molecule is OC1CCC1CCC1CCCCC1. The first-order chi connectivity index (χ1) is 6.36. The molecule has 13 heavy (non-hydrogen) atoms. The van der Waals surface area contributed by atoms with Crippen LogP contribution in [0.1, 0.15) is 57.8 Å². The minimum absolute atomic E-state index is 0.0589. The van der Waals surface area contributed by atoms with Crippen molar-refractivity contribution in [1.82, 2.24) is 0 Å². The Balaban J connectivity index is 1.61. The fourth-order valence-corrected chi connectivity index (χ4v) is 2.81. The molecule has 0 saturated heterocycles. The third-order valence-electron chi connectivity index (χ3n) is 4.05. The van der Waals surface area contributed by atoms with Crippen molar-refractivity contribution >= 4 is 0 Å². The lowest BCUT2D eigenvalue weighted by molar-refractivity contribution is 0.0153. The second-order valence-corrected chi connectivity index (χ2v) is 4.99.